The molecule has 1 N–H and O–H groups in total. The molecule has 0 saturated carbocycles. The van der Waals surface area contributed by atoms with Crippen LogP contribution in [-0.2, 0) is 6.54 Å². The van der Waals surface area contributed by atoms with Crippen molar-refractivity contribution in [3.05, 3.63) is 93.0 Å². The molecule has 6 heteroatoms. The van der Waals surface area contributed by atoms with E-state index in [1.54, 1.807) is 54.9 Å². The van der Waals surface area contributed by atoms with Crippen LogP contribution in [0.4, 0.5) is 0 Å². The number of aromatic nitrogens is 2. The Morgan fingerprint density at radius 2 is 1.96 bits per heavy atom. The topological polar surface area (TPSA) is 96.0 Å². The molecule has 0 radical (unpaired) electrons. The molecular formula is C20H15N3O3. The number of benzene rings is 1. The highest BCUT2D eigenvalue weighted by molar-refractivity contribution is 6.11. The van der Waals surface area contributed by atoms with Gasteiger partial charge in [0.1, 0.15) is 11.6 Å². The molecule has 3 rings (SSSR count). The summed E-state index contributed by atoms with van der Waals surface area (Å²) in [5.74, 6) is -0.902. The summed E-state index contributed by atoms with van der Waals surface area (Å²) in [7, 11) is 0. The normalized spacial score (nSPS) is 10.3. The van der Waals surface area contributed by atoms with Crippen LogP contribution < -0.4 is 5.56 Å². The first-order valence-corrected chi connectivity index (χ1v) is 7.89. The molecule has 2 heterocycles. The predicted molar refractivity (Wildman–Crippen MR) is 95.0 cm³/mol. The quantitative estimate of drug-likeness (QED) is 0.733. The summed E-state index contributed by atoms with van der Waals surface area (Å²) in [5.41, 5.74) is 0.349. The van der Waals surface area contributed by atoms with Crippen molar-refractivity contribution in [3.63, 3.8) is 0 Å². The van der Waals surface area contributed by atoms with Gasteiger partial charge >= 0.3 is 0 Å². The Balaban J connectivity index is 2.22. The molecule has 26 heavy (non-hydrogen) atoms. The molecule has 0 saturated heterocycles. The first kappa shape index (κ1) is 17.1. The first-order valence-electron chi connectivity index (χ1n) is 7.89. The maximum atomic E-state index is 12.9. The Morgan fingerprint density at radius 3 is 2.58 bits per heavy atom. The number of ketones is 1. The average molecular weight is 345 g/mol. The van der Waals surface area contributed by atoms with E-state index in [4.69, 9.17) is 0 Å². The lowest BCUT2D eigenvalue weighted by atomic mass is 9.97. The third-order valence-electron chi connectivity index (χ3n) is 4.13. The van der Waals surface area contributed by atoms with E-state index in [1.165, 1.54) is 6.92 Å². The Morgan fingerprint density at radius 1 is 1.23 bits per heavy atom. The van der Waals surface area contributed by atoms with Gasteiger partial charge in [-0.15, -0.1) is 0 Å². The fraction of sp³-hybridized carbons (Fsp3) is 0.100. The second-order valence-corrected chi connectivity index (χ2v) is 5.76. The molecule has 0 aliphatic carbocycles. The van der Waals surface area contributed by atoms with Crippen LogP contribution in [0.15, 0.2) is 59.7 Å². The Hall–Kier alpha value is -3.72. The van der Waals surface area contributed by atoms with Gasteiger partial charge in [0.2, 0.25) is 5.88 Å². The Kier molecular flexibility index (Phi) is 4.63. The molecule has 0 aliphatic heterocycles. The minimum atomic E-state index is -0.643. The van der Waals surface area contributed by atoms with E-state index in [9.17, 15) is 20.0 Å². The predicted octanol–water partition coefficient (Wildman–Crippen LogP) is 2.41. The van der Waals surface area contributed by atoms with Crippen molar-refractivity contribution in [3.8, 4) is 11.9 Å². The van der Waals surface area contributed by atoms with E-state index in [-0.39, 0.29) is 23.2 Å². The van der Waals surface area contributed by atoms with Crippen LogP contribution in [0.25, 0.3) is 0 Å². The second kappa shape index (κ2) is 7.03. The summed E-state index contributed by atoms with van der Waals surface area (Å²) in [4.78, 5) is 29.5. The molecule has 0 atom stereocenters. The lowest BCUT2D eigenvalue weighted by molar-refractivity contribution is 0.103. The van der Waals surface area contributed by atoms with E-state index in [2.05, 4.69) is 4.98 Å². The summed E-state index contributed by atoms with van der Waals surface area (Å²) in [6.45, 7) is 1.49. The van der Waals surface area contributed by atoms with Gasteiger partial charge in [-0.1, -0.05) is 36.4 Å². The molecule has 128 valence electrons. The number of carbonyl (C=O) groups excluding carboxylic acids is 1. The van der Waals surface area contributed by atoms with Gasteiger partial charge in [-0.3, -0.25) is 19.1 Å². The van der Waals surface area contributed by atoms with Crippen molar-refractivity contribution in [2.45, 2.75) is 13.5 Å². The average Bonchev–Trinajstić information content (AvgIpc) is 2.67. The van der Waals surface area contributed by atoms with E-state index in [0.29, 0.717) is 11.1 Å². The summed E-state index contributed by atoms with van der Waals surface area (Å²) >= 11 is 0. The van der Waals surface area contributed by atoms with Crippen molar-refractivity contribution in [1.29, 1.82) is 5.26 Å². The van der Waals surface area contributed by atoms with Gasteiger partial charge in [-0.25, -0.2) is 0 Å². The maximum Gasteiger partial charge on any atom is 0.271 e. The molecule has 0 fully saturated rings. The fourth-order valence-corrected chi connectivity index (χ4v) is 2.78. The smallest absolute Gasteiger partial charge is 0.271 e. The van der Waals surface area contributed by atoms with Gasteiger partial charge in [-0.05, 0) is 24.1 Å². The van der Waals surface area contributed by atoms with Crippen molar-refractivity contribution >= 4 is 5.78 Å². The zero-order valence-corrected chi connectivity index (χ0v) is 14.0. The molecule has 0 amide bonds. The van der Waals surface area contributed by atoms with Gasteiger partial charge in [0.15, 0.2) is 5.78 Å². The second-order valence-electron chi connectivity index (χ2n) is 5.76. The SMILES string of the molecule is Cc1c(C(=O)c2ccccc2)c(O)n(Cc2cccnc2)c(=O)c1C#N. The van der Waals surface area contributed by atoms with Crippen LogP contribution in [0.1, 0.15) is 32.6 Å². The Labute approximate surface area is 149 Å². The minimum Gasteiger partial charge on any atom is -0.494 e. The standard InChI is InChI=1S/C20H15N3O3/c1-13-16(10-21)19(25)23(12-14-6-5-9-22-11-14)20(26)17(13)18(24)15-7-3-2-4-8-15/h2-9,11,26H,12H2,1H3. The lowest BCUT2D eigenvalue weighted by Crippen LogP contribution is -2.27. The van der Waals surface area contributed by atoms with Gasteiger partial charge in [-0.2, -0.15) is 5.26 Å². The number of aromatic hydroxyl groups is 1. The Bertz CT molecular complexity index is 1070. The largest absolute Gasteiger partial charge is 0.494 e. The van der Waals surface area contributed by atoms with E-state index in [0.717, 1.165) is 4.57 Å². The van der Waals surface area contributed by atoms with Gasteiger partial charge < -0.3 is 5.11 Å². The minimum absolute atomic E-state index is 0.00252. The highest BCUT2D eigenvalue weighted by atomic mass is 16.3. The van der Waals surface area contributed by atoms with Crippen molar-refractivity contribution in [2.24, 2.45) is 0 Å². The van der Waals surface area contributed by atoms with Crippen LogP contribution in [0, 0.1) is 18.3 Å². The van der Waals surface area contributed by atoms with Crippen LogP contribution in [0.5, 0.6) is 5.88 Å². The van der Waals surface area contributed by atoms with Crippen molar-refractivity contribution < 1.29 is 9.90 Å². The maximum absolute atomic E-state index is 12.9. The zero-order chi connectivity index (χ0) is 18.7. The van der Waals surface area contributed by atoms with Crippen LogP contribution >= 0.6 is 0 Å². The number of hydrogen-bond acceptors (Lipinski definition) is 5. The van der Waals surface area contributed by atoms with E-state index < -0.39 is 17.2 Å². The third kappa shape index (κ3) is 2.98. The van der Waals surface area contributed by atoms with Crippen LogP contribution in [-0.4, -0.2) is 20.4 Å². The van der Waals surface area contributed by atoms with Crippen LogP contribution in [0.3, 0.4) is 0 Å². The first-order chi connectivity index (χ1) is 12.5. The molecule has 0 bridgehead atoms. The fourth-order valence-electron chi connectivity index (χ4n) is 2.78. The van der Waals surface area contributed by atoms with Gasteiger partial charge in [0, 0.05) is 18.0 Å². The molecule has 2 aromatic heterocycles. The molecule has 6 nitrogen and oxygen atoms in total. The zero-order valence-electron chi connectivity index (χ0n) is 14.0. The monoisotopic (exact) mass is 345 g/mol. The molecule has 0 spiro atoms. The number of hydrogen-bond donors (Lipinski definition) is 1. The number of rotatable bonds is 4. The summed E-state index contributed by atoms with van der Waals surface area (Å²) in [6.07, 6.45) is 3.14. The van der Waals surface area contributed by atoms with Crippen molar-refractivity contribution in [2.75, 3.05) is 0 Å². The lowest BCUT2D eigenvalue weighted by Gasteiger charge is -2.15. The number of carbonyl (C=O) groups is 1. The molecule has 3 aromatic rings. The van der Waals surface area contributed by atoms with Gasteiger partial charge in [0.05, 0.1) is 12.1 Å². The number of pyridine rings is 2. The van der Waals surface area contributed by atoms with Gasteiger partial charge in [0.25, 0.3) is 5.56 Å². The third-order valence-corrected chi connectivity index (χ3v) is 4.13. The summed E-state index contributed by atoms with van der Waals surface area (Å²) in [6, 6.07) is 13.7. The molecule has 0 aliphatic rings. The summed E-state index contributed by atoms with van der Waals surface area (Å²) in [5, 5.41) is 20.1. The molecular weight excluding hydrogens is 330 g/mol. The highest BCUT2D eigenvalue weighted by Crippen LogP contribution is 2.25. The van der Waals surface area contributed by atoms with E-state index >= 15 is 0 Å². The van der Waals surface area contributed by atoms with Crippen LogP contribution in [0.2, 0.25) is 0 Å². The summed E-state index contributed by atoms with van der Waals surface area (Å²) < 4.78 is 1.03. The number of nitriles is 1. The molecule has 0 unspecified atom stereocenters. The van der Waals surface area contributed by atoms with Crippen molar-refractivity contribution in [1.82, 2.24) is 9.55 Å². The number of nitrogens with zero attached hydrogens (tertiary/aromatic N) is 3. The highest BCUT2D eigenvalue weighted by Gasteiger charge is 2.24. The molecule has 1 aromatic carbocycles. The van der Waals surface area contributed by atoms with E-state index in [1.807, 2.05) is 6.07 Å².